The van der Waals surface area contributed by atoms with Gasteiger partial charge in [-0.1, -0.05) is 36.4 Å². The fourth-order valence-electron chi connectivity index (χ4n) is 7.50. The van der Waals surface area contributed by atoms with Gasteiger partial charge in [0.05, 0.1) is 69.3 Å². The van der Waals surface area contributed by atoms with Crippen molar-refractivity contribution in [3.63, 3.8) is 0 Å². The molecule has 2 heterocycles. The number of aromatic nitrogens is 6. The predicted octanol–water partition coefficient (Wildman–Crippen LogP) is -4.87. The van der Waals surface area contributed by atoms with Gasteiger partial charge in [0.25, 0.3) is 40.5 Å². The van der Waals surface area contributed by atoms with E-state index in [2.05, 4.69) is 56.5 Å². The van der Waals surface area contributed by atoms with Gasteiger partial charge in [0, 0.05) is 81.7 Å². The zero-order valence-corrected chi connectivity index (χ0v) is 63.8. The van der Waals surface area contributed by atoms with E-state index in [0.717, 1.165) is 48.6 Å². The van der Waals surface area contributed by atoms with Crippen molar-refractivity contribution in [2.24, 2.45) is 0 Å². The van der Waals surface area contributed by atoms with Gasteiger partial charge in [-0.3, -0.25) is 23.1 Å². The summed E-state index contributed by atoms with van der Waals surface area (Å²) < 4.78 is 138. The molecule has 47 heteroatoms. The molecule has 97 heavy (non-hydrogen) atoms. The van der Waals surface area contributed by atoms with Crippen molar-refractivity contribution in [1.82, 2.24) is 40.1 Å². The Kier molecular flexibility index (Phi) is 54.2. The molecule has 0 unspecified atom stereocenters. The number of nitrogens with zero attached hydrogens (tertiary/aromatic N) is 9. The predicted molar refractivity (Wildman–Crippen MR) is 368 cm³/mol. The first-order valence-corrected chi connectivity index (χ1v) is 32.1. The van der Waals surface area contributed by atoms with Crippen LogP contribution in [0.3, 0.4) is 0 Å². The minimum atomic E-state index is -5.04. The molecule has 0 fully saturated rings. The van der Waals surface area contributed by atoms with E-state index >= 15 is 0 Å². The number of aliphatic hydroxyl groups is 9. The van der Waals surface area contributed by atoms with Crippen LogP contribution in [0.25, 0.3) is 12.2 Å². The summed E-state index contributed by atoms with van der Waals surface area (Å²) in [6.45, 7) is 1.34. The zero-order valence-electron chi connectivity index (χ0n) is 51.7. The maximum Gasteiger partial charge on any atom is 1.00 e. The van der Waals surface area contributed by atoms with Crippen LogP contribution >= 0.6 is 74.4 Å². The Balaban J connectivity index is -0.000000997. The quantitative estimate of drug-likeness (QED) is 0.00779. The largest absolute Gasteiger partial charge is 1.00 e. The van der Waals surface area contributed by atoms with Gasteiger partial charge in [0.2, 0.25) is 35.7 Å². The molecule has 0 amide bonds. The topological polar surface area (TPSA) is 547 Å². The van der Waals surface area contributed by atoms with Crippen LogP contribution in [0, 0.1) is 0 Å². The molecule has 0 spiro atoms. The van der Waals surface area contributed by atoms with Gasteiger partial charge >= 0.3 is 59.1 Å². The Morgan fingerprint density at radius 2 is 0.629 bits per heavy atom. The molecule has 0 saturated carbocycles. The number of aliphatic hydroxyl groups excluding tert-OH is 9. The molecule has 18 N–H and O–H groups in total. The van der Waals surface area contributed by atoms with E-state index in [1.54, 1.807) is 4.90 Å². The minimum Gasteiger partial charge on any atom is -0.395 e. The zero-order chi connectivity index (χ0) is 65.8. The molecule has 0 bridgehead atoms. The average Bonchev–Trinajstić information content (AvgIpc) is 0.820. The molecule has 0 saturated heterocycles. The maximum absolute atomic E-state index is 12.8. The van der Waals surface area contributed by atoms with E-state index in [4.69, 9.17) is 25.5 Å². The van der Waals surface area contributed by atoms with Gasteiger partial charge in [-0.05, 0) is 71.8 Å². The van der Waals surface area contributed by atoms with Crippen molar-refractivity contribution < 1.29 is 157 Å². The first kappa shape index (κ1) is 102. The number of benzene rings is 4. The van der Waals surface area contributed by atoms with Gasteiger partial charge in [-0.2, -0.15) is 63.6 Å². The molecule has 0 aliphatic carbocycles. The second kappa shape index (κ2) is 51.5. The normalized spacial score (nSPS) is 10.8. The molecule has 6 aromatic rings. The molecule has 0 aliphatic rings. The second-order valence-corrected chi connectivity index (χ2v) is 23.6. The smallest absolute Gasteiger partial charge is 0.395 e. The first-order chi connectivity index (χ1) is 42.2. The van der Waals surface area contributed by atoms with Crippen LogP contribution in [-0.4, -0.2) is 251 Å². The monoisotopic (exact) mass is 1590 g/mol. The number of rotatable bonds is 34. The van der Waals surface area contributed by atoms with Crippen LogP contribution in [0.2, 0.25) is 0 Å². The van der Waals surface area contributed by atoms with Crippen molar-refractivity contribution >= 4 is 186 Å². The minimum absolute atomic E-state index is 0. The standard InChI is InChI=1S/C40H44N12O16S4.C6H15NO3.C4H11NO2.6ClH.2Na/c53-17-13-51(14-18-54)39-47-35(41-27-3-1-5-31(21-27)69(57,58)59)45-37(49-39)43-29-11-9-25(33(23-29)71(63,64)65)7-8-26-10-12-30(24-34(26)72(66,67)68)44-38-46-36(48-40(50-38)52(15-19-55)16-20-56)42-28-4-2-6-32(22-28)70(60,61)62;8-4-1-7(2-5-9)3-6-10;6-3-1-5-2-4-7;;;;;;;;/h1-12,21-24,53-56H,13-20H2,(H,57,58,59)(H,60,61,62)(H,63,64,65)(H,66,67,68)(H2,41,43,45,47,49)(H2,42,44,46,48,50);8-10H,1-6H2;5-7H,1-4H2;6*1H;;/q;;;;;;;;;2*+1/b8-7+;;;;;;;;;;. The van der Waals surface area contributed by atoms with Crippen molar-refractivity contribution in [2.75, 3.05) is 149 Å². The molecule has 0 radical (unpaired) electrons. The Labute approximate surface area is 641 Å². The first-order valence-electron chi connectivity index (χ1n) is 26.3. The third kappa shape index (κ3) is 36.2. The van der Waals surface area contributed by atoms with Gasteiger partial charge < -0.3 is 82.3 Å². The molecule has 0 atom stereocenters. The van der Waals surface area contributed by atoms with E-state index in [1.807, 2.05) is 0 Å². The summed E-state index contributed by atoms with van der Waals surface area (Å²) in [4.78, 5) is 27.9. The maximum atomic E-state index is 12.8. The van der Waals surface area contributed by atoms with Crippen molar-refractivity contribution in [3.8, 4) is 0 Å². The van der Waals surface area contributed by atoms with Gasteiger partial charge in [0.1, 0.15) is 9.79 Å². The van der Waals surface area contributed by atoms with Crippen molar-refractivity contribution in [2.45, 2.75) is 19.6 Å². The third-order valence-electron chi connectivity index (χ3n) is 11.4. The summed E-state index contributed by atoms with van der Waals surface area (Å²) in [5, 5.41) is 94.3. The van der Waals surface area contributed by atoms with Crippen LogP contribution in [0.1, 0.15) is 11.1 Å². The Morgan fingerprint density at radius 3 is 0.876 bits per heavy atom. The Hall–Kier alpha value is -3.62. The van der Waals surface area contributed by atoms with Crippen molar-refractivity contribution in [3.05, 3.63) is 96.1 Å². The van der Waals surface area contributed by atoms with E-state index in [0.29, 0.717) is 32.7 Å². The SMILES string of the molecule is Cl.Cl.Cl.Cl.Cl.Cl.O=S(=O)(O)c1cccc(Nc2nc(Nc3ccc(/C=C/c4ccc(Nc5nc(Nc6cccc(S(=O)(=O)O)c6)nc(N(CCO)CCO)n5)cc4S(=O)(=O)O)c(S(=O)(=O)O)c3)nc(N(CCO)CCO)n2)c1.OCCN(CCO)CCO.OCCNCCO.[Na+].[Na+]. The molecule has 0 aliphatic heterocycles. The fraction of sp³-hybridized carbons (Fsp3) is 0.360. The summed E-state index contributed by atoms with van der Waals surface area (Å²) in [6, 6.07) is 17.0. The van der Waals surface area contributed by atoms with Crippen LogP contribution in [0.5, 0.6) is 0 Å². The van der Waals surface area contributed by atoms with Gasteiger partial charge in [-0.15, -0.1) is 74.4 Å². The summed E-state index contributed by atoms with van der Waals surface area (Å²) in [5.74, 6) is -1.18. The molecular formula is C50H76Cl6N14Na2O21S4+2. The van der Waals surface area contributed by atoms with Gasteiger partial charge in [0.15, 0.2) is 0 Å². The molecule has 2 aromatic heterocycles. The van der Waals surface area contributed by atoms with Gasteiger partial charge in [-0.25, -0.2) is 0 Å². The summed E-state index contributed by atoms with van der Waals surface area (Å²) >= 11 is 0. The van der Waals surface area contributed by atoms with E-state index < -0.39 is 86.5 Å². The van der Waals surface area contributed by atoms with Crippen LogP contribution < -0.4 is 95.5 Å². The molecular weight excluding hydrogens is 1520 g/mol. The number of nitrogens with one attached hydrogen (secondary N) is 5. The van der Waals surface area contributed by atoms with E-state index in [9.17, 15) is 72.3 Å². The molecule has 6 rings (SSSR count). The summed E-state index contributed by atoms with van der Waals surface area (Å²) in [6.07, 6.45) is 2.25. The van der Waals surface area contributed by atoms with Crippen LogP contribution in [0.15, 0.2) is 105 Å². The van der Waals surface area contributed by atoms with Crippen molar-refractivity contribution in [1.29, 1.82) is 0 Å². The molecule has 4 aromatic carbocycles. The summed E-state index contributed by atoms with van der Waals surface area (Å²) in [5.41, 5.74) is -0.244. The second-order valence-electron chi connectivity index (χ2n) is 17.9. The summed E-state index contributed by atoms with van der Waals surface area (Å²) in [7, 11) is -19.3. The molecule has 538 valence electrons. The van der Waals surface area contributed by atoms with E-state index in [1.165, 1.54) is 58.3 Å². The van der Waals surface area contributed by atoms with E-state index in [-0.39, 0.29) is 262 Å². The number of hydrogen-bond acceptors (Lipinski definition) is 31. The number of halogens is 6. The molecule has 35 nitrogen and oxygen atoms in total. The third-order valence-corrected chi connectivity index (χ3v) is 15.0. The number of anilines is 10. The fourth-order valence-corrected chi connectivity index (χ4v) is 9.97. The Morgan fingerprint density at radius 1 is 0.351 bits per heavy atom. The number of hydrogen-bond donors (Lipinski definition) is 18. The van der Waals surface area contributed by atoms with Crippen LogP contribution in [0.4, 0.5) is 58.4 Å². The average molecular weight is 1600 g/mol. The van der Waals surface area contributed by atoms with Crippen LogP contribution in [-0.2, 0) is 40.5 Å². The Bertz CT molecular complexity index is 3510.